The molecule has 2 aliphatic rings. The summed E-state index contributed by atoms with van der Waals surface area (Å²) < 4.78 is 0. The Labute approximate surface area is 121 Å². The first-order chi connectivity index (χ1) is 9.68. The van der Waals surface area contributed by atoms with E-state index in [0.717, 1.165) is 12.8 Å². The Hall–Kier alpha value is -1.35. The van der Waals surface area contributed by atoms with Crippen LogP contribution in [-0.2, 0) is 4.79 Å². The van der Waals surface area contributed by atoms with Crippen LogP contribution in [0.4, 0.5) is 0 Å². The van der Waals surface area contributed by atoms with Crippen molar-refractivity contribution >= 4 is 5.91 Å². The van der Waals surface area contributed by atoms with Crippen molar-refractivity contribution in [2.45, 2.75) is 57.8 Å². The van der Waals surface area contributed by atoms with E-state index in [-0.39, 0.29) is 12.2 Å². The van der Waals surface area contributed by atoms with Gasteiger partial charge in [-0.2, -0.15) is 0 Å². The smallest absolute Gasteiger partial charge is 0.241 e. The Bertz CT molecular complexity index is 465. The number of hydrogen-bond acceptors (Lipinski definition) is 2. The van der Waals surface area contributed by atoms with Crippen LogP contribution in [0.5, 0.6) is 0 Å². The summed E-state index contributed by atoms with van der Waals surface area (Å²) in [4.78, 5) is 14.9. The number of nitrogens with zero attached hydrogens (tertiary/aromatic N) is 1. The predicted octanol–water partition coefficient (Wildman–Crippen LogP) is 3.08. The van der Waals surface area contributed by atoms with E-state index in [1.165, 1.54) is 18.4 Å². The average Bonchev–Trinajstić information content (AvgIpc) is 3.06. The largest absolute Gasteiger partial charge is 0.319 e. The Morgan fingerprint density at radius 3 is 2.40 bits per heavy atom. The van der Waals surface area contributed by atoms with Gasteiger partial charge in [-0.3, -0.25) is 10.1 Å². The van der Waals surface area contributed by atoms with E-state index in [0.29, 0.717) is 17.9 Å². The van der Waals surface area contributed by atoms with Crippen LogP contribution in [0.15, 0.2) is 30.3 Å². The van der Waals surface area contributed by atoms with Crippen LogP contribution < -0.4 is 5.32 Å². The van der Waals surface area contributed by atoms with E-state index >= 15 is 0 Å². The second-order valence-corrected chi connectivity index (χ2v) is 6.39. The molecule has 1 saturated carbocycles. The van der Waals surface area contributed by atoms with Crippen LogP contribution in [0.2, 0.25) is 0 Å². The van der Waals surface area contributed by atoms with Gasteiger partial charge in [-0.1, -0.05) is 57.0 Å². The highest BCUT2D eigenvalue weighted by Crippen LogP contribution is 2.35. The van der Waals surface area contributed by atoms with Gasteiger partial charge in [-0.15, -0.1) is 0 Å². The molecule has 20 heavy (non-hydrogen) atoms. The summed E-state index contributed by atoms with van der Waals surface area (Å²) in [6, 6.07) is 10.8. The molecule has 2 unspecified atom stereocenters. The van der Waals surface area contributed by atoms with Gasteiger partial charge in [0, 0.05) is 6.04 Å². The van der Waals surface area contributed by atoms with Crippen LogP contribution in [0.3, 0.4) is 0 Å². The SMILES string of the molecule is CC(C)C1NC(c2ccccc2)N(C2CCCC2)C1=O. The molecular weight excluding hydrogens is 248 g/mol. The van der Waals surface area contributed by atoms with Crippen molar-refractivity contribution in [2.24, 2.45) is 5.92 Å². The lowest BCUT2D eigenvalue weighted by Gasteiger charge is -2.30. The van der Waals surface area contributed by atoms with Crippen molar-refractivity contribution in [1.29, 1.82) is 0 Å². The molecule has 1 amide bonds. The highest BCUT2D eigenvalue weighted by Gasteiger charge is 2.44. The van der Waals surface area contributed by atoms with Crippen LogP contribution in [0.1, 0.15) is 51.3 Å². The normalized spacial score (nSPS) is 27.8. The Morgan fingerprint density at radius 2 is 1.80 bits per heavy atom. The van der Waals surface area contributed by atoms with Crippen LogP contribution in [-0.4, -0.2) is 22.9 Å². The first-order valence-corrected chi connectivity index (χ1v) is 7.81. The number of benzene rings is 1. The zero-order chi connectivity index (χ0) is 14.1. The Kier molecular flexibility index (Phi) is 3.79. The summed E-state index contributed by atoms with van der Waals surface area (Å²) in [7, 11) is 0. The summed E-state index contributed by atoms with van der Waals surface area (Å²) in [5, 5.41) is 3.56. The van der Waals surface area contributed by atoms with Crippen LogP contribution in [0, 0.1) is 5.92 Å². The Balaban J connectivity index is 1.91. The van der Waals surface area contributed by atoms with E-state index in [2.05, 4.69) is 48.3 Å². The molecular formula is C17H24N2O. The van der Waals surface area contributed by atoms with E-state index in [4.69, 9.17) is 0 Å². The average molecular weight is 272 g/mol. The molecule has 3 nitrogen and oxygen atoms in total. The maximum Gasteiger partial charge on any atom is 0.241 e. The zero-order valence-corrected chi connectivity index (χ0v) is 12.4. The molecule has 0 radical (unpaired) electrons. The third-order valence-electron chi connectivity index (χ3n) is 4.64. The van der Waals surface area contributed by atoms with Gasteiger partial charge in [0.1, 0.15) is 6.17 Å². The maximum absolute atomic E-state index is 12.8. The lowest BCUT2D eigenvalue weighted by atomic mass is 10.0. The number of amides is 1. The minimum atomic E-state index is -0.0409. The molecule has 0 spiro atoms. The van der Waals surface area contributed by atoms with Gasteiger partial charge >= 0.3 is 0 Å². The fourth-order valence-electron chi connectivity index (χ4n) is 3.55. The monoisotopic (exact) mass is 272 g/mol. The van der Waals surface area contributed by atoms with Crippen LogP contribution in [0.25, 0.3) is 0 Å². The fraction of sp³-hybridized carbons (Fsp3) is 0.588. The standard InChI is InChI=1S/C17H24N2O/c1-12(2)15-17(20)19(14-10-6-7-11-14)16(18-15)13-8-4-3-5-9-13/h3-5,8-9,12,14-16,18H,6-7,10-11H2,1-2H3. The number of hydrogen-bond donors (Lipinski definition) is 1. The Morgan fingerprint density at radius 1 is 1.15 bits per heavy atom. The molecule has 3 rings (SSSR count). The molecule has 1 aromatic rings. The third-order valence-corrected chi connectivity index (χ3v) is 4.64. The number of carbonyl (C=O) groups excluding carboxylic acids is 1. The molecule has 108 valence electrons. The molecule has 2 fully saturated rings. The molecule has 1 aliphatic carbocycles. The molecule has 1 aromatic carbocycles. The van der Waals surface area contributed by atoms with Gasteiger partial charge in [0.05, 0.1) is 6.04 Å². The van der Waals surface area contributed by atoms with Crippen molar-refractivity contribution in [2.75, 3.05) is 0 Å². The first kappa shape index (κ1) is 13.6. The number of nitrogens with one attached hydrogen (secondary N) is 1. The van der Waals surface area contributed by atoms with Crippen molar-refractivity contribution in [1.82, 2.24) is 10.2 Å². The minimum Gasteiger partial charge on any atom is -0.319 e. The molecule has 1 aliphatic heterocycles. The van der Waals surface area contributed by atoms with Crippen molar-refractivity contribution < 1.29 is 4.79 Å². The minimum absolute atomic E-state index is 0.0409. The quantitative estimate of drug-likeness (QED) is 0.917. The predicted molar refractivity (Wildman–Crippen MR) is 80.0 cm³/mol. The molecule has 0 bridgehead atoms. The van der Waals surface area contributed by atoms with E-state index in [9.17, 15) is 4.79 Å². The van der Waals surface area contributed by atoms with Crippen molar-refractivity contribution in [3.63, 3.8) is 0 Å². The van der Waals surface area contributed by atoms with E-state index in [1.54, 1.807) is 0 Å². The molecule has 2 atom stereocenters. The van der Waals surface area contributed by atoms with Crippen molar-refractivity contribution in [3.8, 4) is 0 Å². The molecule has 1 N–H and O–H groups in total. The lowest BCUT2D eigenvalue weighted by molar-refractivity contribution is -0.133. The number of carbonyl (C=O) groups is 1. The van der Waals surface area contributed by atoms with Gasteiger partial charge in [0.25, 0.3) is 0 Å². The molecule has 1 heterocycles. The maximum atomic E-state index is 12.8. The van der Waals surface area contributed by atoms with E-state index < -0.39 is 0 Å². The van der Waals surface area contributed by atoms with Crippen LogP contribution >= 0.6 is 0 Å². The topological polar surface area (TPSA) is 32.3 Å². The van der Waals surface area contributed by atoms with Gasteiger partial charge < -0.3 is 4.90 Å². The highest BCUT2D eigenvalue weighted by atomic mass is 16.2. The first-order valence-electron chi connectivity index (χ1n) is 7.81. The summed E-state index contributed by atoms with van der Waals surface area (Å²) >= 11 is 0. The second kappa shape index (κ2) is 5.57. The second-order valence-electron chi connectivity index (χ2n) is 6.39. The zero-order valence-electron chi connectivity index (χ0n) is 12.4. The van der Waals surface area contributed by atoms with Gasteiger partial charge in [0.2, 0.25) is 5.91 Å². The van der Waals surface area contributed by atoms with E-state index in [1.807, 2.05) is 6.07 Å². The summed E-state index contributed by atoms with van der Waals surface area (Å²) in [6.07, 6.45) is 4.87. The summed E-state index contributed by atoms with van der Waals surface area (Å²) in [5.41, 5.74) is 1.20. The molecule has 0 aromatic heterocycles. The lowest BCUT2D eigenvalue weighted by Crippen LogP contribution is -2.39. The van der Waals surface area contributed by atoms with Crippen molar-refractivity contribution in [3.05, 3.63) is 35.9 Å². The third kappa shape index (κ3) is 2.35. The van der Waals surface area contributed by atoms with Gasteiger partial charge in [-0.05, 0) is 24.3 Å². The summed E-state index contributed by atoms with van der Waals surface area (Å²) in [5.74, 6) is 0.626. The fourth-order valence-corrected chi connectivity index (χ4v) is 3.55. The summed E-state index contributed by atoms with van der Waals surface area (Å²) in [6.45, 7) is 4.24. The van der Waals surface area contributed by atoms with Gasteiger partial charge in [-0.25, -0.2) is 0 Å². The molecule has 3 heteroatoms. The number of rotatable bonds is 3. The molecule has 1 saturated heterocycles. The van der Waals surface area contributed by atoms with Gasteiger partial charge in [0.15, 0.2) is 0 Å². The highest BCUT2D eigenvalue weighted by molar-refractivity contribution is 5.85.